The summed E-state index contributed by atoms with van der Waals surface area (Å²) in [4.78, 5) is 0. The van der Waals surface area contributed by atoms with E-state index in [4.69, 9.17) is 14.2 Å². The van der Waals surface area contributed by atoms with Crippen LogP contribution in [-0.4, -0.2) is 31.5 Å². The Balaban J connectivity index is 1.86. The van der Waals surface area contributed by atoms with Gasteiger partial charge in [-0.15, -0.1) is 0 Å². The Morgan fingerprint density at radius 2 is 1.44 bits per heavy atom. The number of nitrogens with one attached hydrogen (secondary N) is 1. The van der Waals surface area contributed by atoms with Crippen LogP contribution in [-0.2, 0) is 0 Å². The molecule has 0 spiro atoms. The lowest BCUT2D eigenvalue weighted by molar-refractivity contribution is 0.324. The molecule has 4 aromatic rings. The van der Waals surface area contributed by atoms with E-state index in [1.54, 1.807) is 21.3 Å². The van der Waals surface area contributed by atoms with Gasteiger partial charge in [0.15, 0.2) is 11.5 Å². The van der Waals surface area contributed by atoms with Gasteiger partial charge in [-0.25, -0.2) is 0 Å². The Morgan fingerprint density at radius 1 is 0.741 bits per heavy atom. The lowest BCUT2D eigenvalue weighted by Crippen LogP contribution is -1.96. The highest BCUT2D eigenvalue weighted by molar-refractivity contribution is 5.90. The second-order valence-corrected chi connectivity index (χ2v) is 6.13. The zero-order valence-corrected chi connectivity index (χ0v) is 15.4. The van der Waals surface area contributed by atoms with Crippen LogP contribution in [0.25, 0.3) is 33.2 Å². The Morgan fingerprint density at radius 3 is 2.11 bits per heavy atom. The van der Waals surface area contributed by atoms with Crippen LogP contribution < -0.4 is 14.2 Å². The predicted molar refractivity (Wildman–Crippen MR) is 107 cm³/mol. The largest absolute Gasteiger partial charge is 0.493 e. The fourth-order valence-electron chi connectivity index (χ4n) is 3.31. The average molecular weight is 360 g/mol. The van der Waals surface area contributed by atoms with Crippen molar-refractivity contribution in [3.8, 4) is 39.6 Å². The summed E-state index contributed by atoms with van der Waals surface area (Å²) in [6, 6.07) is 18.5. The SMILES string of the molecule is COc1cc(-c2[nH]ncc2-c2ccc3ccccc3c2)cc(OC)c1OC. The molecule has 5 nitrogen and oxygen atoms in total. The number of rotatable bonds is 5. The lowest BCUT2D eigenvalue weighted by atomic mass is 9.98. The molecule has 3 aromatic carbocycles. The van der Waals surface area contributed by atoms with Gasteiger partial charge in [-0.1, -0.05) is 36.4 Å². The van der Waals surface area contributed by atoms with Crippen molar-refractivity contribution in [2.45, 2.75) is 0 Å². The minimum atomic E-state index is 0.565. The molecular weight excluding hydrogens is 340 g/mol. The van der Waals surface area contributed by atoms with E-state index in [1.807, 2.05) is 30.5 Å². The van der Waals surface area contributed by atoms with Crippen molar-refractivity contribution in [3.63, 3.8) is 0 Å². The number of hydrogen-bond acceptors (Lipinski definition) is 4. The zero-order chi connectivity index (χ0) is 18.8. The number of nitrogens with zero attached hydrogens (tertiary/aromatic N) is 1. The first-order chi connectivity index (χ1) is 13.2. The van der Waals surface area contributed by atoms with Crippen molar-refractivity contribution in [1.29, 1.82) is 0 Å². The van der Waals surface area contributed by atoms with Gasteiger partial charge in [0, 0.05) is 11.1 Å². The Labute approximate surface area is 157 Å². The number of methoxy groups -OCH3 is 3. The summed E-state index contributed by atoms with van der Waals surface area (Å²) in [7, 11) is 4.81. The molecule has 4 rings (SSSR count). The quantitative estimate of drug-likeness (QED) is 0.549. The molecule has 1 heterocycles. The number of hydrogen-bond donors (Lipinski definition) is 1. The van der Waals surface area contributed by atoms with E-state index in [9.17, 15) is 0 Å². The van der Waals surface area contributed by atoms with Crippen LogP contribution in [0.2, 0.25) is 0 Å². The van der Waals surface area contributed by atoms with E-state index in [2.05, 4.69) is 40.5 Å². The summed E-state index contributed by atoms with van der Waals surface area (Å²) in [5, 5.41) is 9.77. The number of H-pyrrole nitrogens is 1. The first kappa shape index (κ1) is 17.0. The molecule has 0 fully saturated rings. The molecule has 0 aliphatic carbocycles. The van der Waals surface area contributed by atoms with Crippen molar-refractivity contribution < 1.29 is 14.2 Å². The second-order valence-electron chi connectivity index (χ2n) is 6.13. The topological polar surface area (TPSA) is 56.4 Å². The van der Waals surface area contributed by atoms with Gasteiger partial charge in [-0.05, 0) is 34.5 Å². The Bertz CT molecular complexity index is 1080. The molecule has 1 aromatic heterocycles. The first-order valence-corrected chi connectivity index (χ1v) is 8.58. The predicted octanol–water partition coefficient (Wildman–Crippen LogP) is 4.92. The van der Waals surface area contributed by atoms with Gasteiger partial charge in [-0.3, -0.25) is 5.10 Å². The van der Waals surface area contributed by atoms with Crippen LogP contribution in [0.4, 0.5) is 0 Å². The highest BCUT2D eigenvalue weighted by Gasteiger charge is 2.17. The molecule has 0 saturated heterocycles. The fraction of sp³-hybridized carbons (Fsp3) is 0.136. The molecule has 136 valence electrons. The number of fused-ring (bicyclic) bond motifs is 1. The molecular formula is C22H20N2O3. The highest BCUT2D eigenvalue weighted by Crippen LogP contribution is 2.42. The monoisotopic (exact) mass is 360 g/mol. The van der Waals surface area contributed by atoms with Crippen LogP contribution in [0.1, 0.15) is 0 Å². The average Bonchev–Trinajstić information content (AvgIpc) is 3.22. The third-order valence-corrected chi connectivity index (χ3v) is 4.65. The van der Waals surface area contributed by atoms with Crippen molar-refractivity contribution >= 4 is 10.8 Å². The van der Waals surface area contributed by atoms with Gasteiger partial charge in [0.25, 0.3) is 0 Å². The van der Waals surface area contributed by atoms with Gasteiger partial charge in [-0.2, -0.15) is 5.10 Å². The molecule has 0 bridgehead atoms. The summed E-state index contributed by atoms with van der Waals surface area (Å²) in [5.74, 6) is 1.77. The minimum Gasteiger partial charge on any atom is -0.493 e. The molecule has 27 heavy (non-hydrogen) atoms. The van der Waals surface area contributed by atoms with Crippen LogP contribution in [0.5, 0.6) is 17.2 Å². The fourth-order valence-corrected chi connectivity index (χ4v) is 3.31. The smallest absolute Gasteiger partial charge is 0.203 e. The second kappa shape index (κ2) is 7.03. The Hall–Kier alpha value is -3.47. The van der Waals surface area contributed by atoms with Crippen molar-refractivity contribution in [2.75, 3.05) is 21.3 Å². The summed E-state index contributed by atoms with van der Waals surface area (Å²) in [5.41, 5.74) is 3.90. The van der Waals surface area contributed by atoms with E-state index in [1.165, 1.54) is 10.8 Å². The highest BCUT2D eigenvalue weighted by atomic mass is 16.5. The minimum absolute atomic E-state index is 0.565. The summed E-state index contributed by atoms with van der Waals surface area (Å²) in [6.07, 6.45) is 1.84. The van der Waals surface area contributed by atoms with Crippen LogP contribution in [0.15, 0.2) is 60.8 Å². The summed E-state index contributed by atoms with van der Waals surface area (Å²) < 4.78 is 16.4. The summed E-state index contributed by atoms with van der Waals surface area (Å²) in [6.45, 7) is 0. The molecule has 5 heteroatoms. The van der Waals surface area contributed by atoms with Crippen molar-refractivity contribution in [1.82, 2.24) is 10.2 Å². The number of aromatic amines is 1. The van der Waals surface area contributed by atoms with Gasteiger partial charge in [0.2, 0.25) is 5.75 Å². The molecule has 0 atom stereocenters. The van der Waals surface area contributed by atoms with Crippen LogP contribution in [0, 0.1) is 0 Å². The standard InChI is InChI=1S/C22H20N2O3/c1-25-19-11-17(12-20(26-2)22(19)27-3)21-18(13-23-24-21)16-9-8-14-6-4-5-7-15(14)10-16/h4-13H,1-3H3,(H,23,24). The Kier molecular flexibility index (Phi) is 4.42. The van der Waals surface area contributed by atoms with Crippen molar-refractivity contribution in [3.05, 3.63) is 60.8 Å². The molecule has 1 N–H and O–H groups in total. The van der Waals surface area contributed by atoms with E-state index in [0.717, 1.165) is 22.4 Å². The molecule has 0 radical (unpaired) electrons. The number of aromatic nitrogens is 2. The van der Waals surface area contributed by atoms with Crippen LogP contribution >= 0.6 is 0 Å². The van der Waals surface area contributed by atoms with Crippen molar-refractivity contribution in [2.24, 2.45) is 0 Å². The third kappa shape index (κ3) is 2.97. The number of ether oxygens (including phenoxy) is 3. The maximum atomic E-state index is 5.48. The van der Waals surface area contributed by atoms with Gasteiger partial charge < -0.3 is 14.2 Å². The van der Waals surface area contributed by atoms with E-state index in [-0.39, 0.29) is 0 Å². The van der Waals surface area contributed by atoms with E-state index < -0.39 is 0 Å². The molecule has 0 aliphatic rings. The van der Waals surface area contributed by atoms with Gasteiger partial charge in [0.1, 0.15) is 0 Å². The van der Waals surface area contributed by atoms with Gasteiger partial charge >= 0.3 is 0 Å². The first-order valence-electron chi connectivity index (χ1n) is 8.58. The molecule has 0 saturated carbocycles. The summed E-state index contributed by atoms with van der Waals surface area (Å²) >= 11 is 0. The van der Waals surface area contributed by atoms with E-state index in [0.29, 0.717) is 17.2 Å². The van der Waals surface area contributed by atoms with Gasteiger partial charge in [0.05, 0.1) is 33.2 Å². The third-order valence-electron chi connectivity index (χ3n) is 4.65. The molecule has 0 unspecified atom stereocenters. The number of benzene rings is 3. The van der Waals surface area contributed by atoms with E-state index >= 15 is 0 Å². The maximum absolute atomic E-state index is 5.48. The zero-order valence-electron chi connectivity index (χ0n) is 15.4. The van der Waals surface area contributed by atoms with Crippen LogP contribution in [0.3, 0.4) is 0 Å². The maximum Gasteiger partial charge on any atom is 0.203 e. The molecule has 0 aliphatic heterocycles. The normalized spacial score (nSPS) is 10.8. The lowest BCUT2D eigenvalue weighted by Gasteiger charge is -2.14. The molecule has 0 amide bonds.